The molecule has 0 radical (unpaired) electrons. The molecule has 0 fully saturated rings. The van der Waals surface area contributed by atoms with Gasteiger partial charge in [-0.3, -0.25) is 0 Å². The largest absolute Gasteiger partial charge is 0.477 e. The van der Waals surface area contributed by atoms with Crippen molar-refractivity contribution in [3.8, 4) is 0 Å². The Morgan fingerprint density at radius 3 is 3.00 bits per heavy atom. The third-order valence-electron chi connectivity index (χ3n) is 2.19. The van der Waals surface area contributed by atoms with Crippen molar-refractivity contribution in [2.75, 3.05) is 32.0 Å². The molecule has 6 nitrogen and oxygen atoms in total. The second kappa shape index (κ2) is 6.02. The van der Waals surface area contributed by atoms with Crippen LogP contribution in [0.2, 0.25) is 0 Å². The highest BCUT2D eigenvalue weighted by Crippen LogP contribution is 1.99. The maximum absolute atomic E-state index is 10.7. The van der Waals surface area contributed by atoms with Crippen molar-refractivity contribution in [1.29, 1.82) is 0 Å². The van der Waals surface area contributed by atoms with Crippen LogP contribution in [0.15, 0.2) is 12.3 Å². The average molecular weight is 224 g/mol. The molecule has 0 amide bonds. The lowest BCUT2D eigenvalue weighted by molar-refractivity contribution is 0.0690. The fraction of sp³-hybridized carbons (Fsp3) is 0.500. The summed E-state index contributed by atoms with van der Waals surface area (Å²) in [6.45, 7) is 4.59. The normalized spacial score (nSPS) is 10.4. The predicted octanol–water partition coefficient (Wildman–Crippen LogP) is 0.538. The molecule has 0 aromatic carbocycles. The molecule has 88 valence electrons. The first-order chi connectivity index (χ1) is 7.63. The molecule has 0 aliphatic carbocycles. The molecule has 1 rings (SSSR count). The van der Waals surface area contributed by atoms with E-state index >= 15 is 0 Å². The molecule has 0 saturated carbocycles. The number of anilines is 1. The Balaban J connectivity index is 2.48. The Bertz CT molecular complexity index is 356. The Hall–Kier alpha value is -1.69. The summed E-state index contributed by atoms with van der Waals surface area (Å²) < 4.78 is 0. The maximum Gasteiger partial charge on any atom is 0.354 e. The van der Waals surface area contributed by atoms with Crippen LogP contribution in [0.25, 0.3) is 0 Å². The minimum absolute atomic E-state index is 0.00125. The number of nitrogens with zero attached hydrogens (tertiary/aromatic N) is 3. The van der Waals surface area contributed by atoms with Gasteiger partial charge in [-0.2, -0.15) is 0 Å². The highest BCUT2D eigenvalue weighted by atomic mass is 16.4. The van der Waals surface area contributed by atoms with Crippen molar-refractivity contribution in [3.05, 3.63) is 18.0 Å². The number of nitrogens with one attached hydrogen (secondary N) is 1. The van der Waals surface area contributed by atoms with Gasteiger partial charge >= 0.3 is 5.97 Å². The van der Waals surface area contributed by atoms with E-state index in [0.29, 0.717) is 12.5 Å². The summed E-state index contributed by atoms with van der Waals surface area (Å²) in [5, 5.41) is 11.7. The Labute approximate surface area is 94.3 Å². The van der Waals surface area contributed by atoms with Crippen molar-refractivity contribution in [2.45, 2.75) is 6.92 Å². The van der Waals surface area contributed by atoms with Crippen molar-refractivity contribution in [1.82, 2.24) is 14.9 Å². The highest BCUT2D eigenvalue weighted by molar-refractivity contribution is 5.85. The zero-order chi connectivity index (χ0) is 12.0. The van der Waals surface area contributed by atoms with Crippen LogP contribution < -0.4 is 5.32 Å². The van der Waals surface area contributed by atoms with Crippen molar-refractivity contribution in [2.24, 2.45) is 0 Å². The van der Waals surface area contributed by atoms with Crippen LogP contribution in [0.5, 0.6) is 0 Å². The van der Waals surface area contributed by atoms with E-state index in [4.69, 9.17) is 5.11 Å². The molecule has 0 unspecified atom stereocenters. The van der Waals surface area contributed by atoms with Crippen LogP contribution >= 0.6 is 0 Å². The van der Waals surface area contributed by atoms with E-state index in [1.807, 2.05) is 7.05 Å². The van der Waals surface area contributed by atoms with Crippen molar-refractivity contribution >= 4 is 11.9 Å². The van der Waals surface area contributed by atoms with Crippen LogP contribution in [0, 0.1) is 0 Å². The number of carboxylic acids is 1. The summed E-state index contributed by atoms with van der Waals surface area (Å²) in [6.07, 6.45) is 1.43. The molecular weight excluding hydrogens is 208 g/mol. The molecule has 6 heteroatoms. The van der Waals surface area contributed by atoms with E-state index in [9.17, 15) is 4.79 Å². The molecule has 0 spiro atoms. The molecule has 0 saturated heterocycles. The van der Waals surface area contributed by atoms with Gasteiger partial charge in [0, 0.05) is 19.3 Å². The zero-order valence-electron chi connectivity index (χ0n) is 9.47. The smallest absolute Gasteiger partial charge is 0.354 e. The van der Waals surface area contributed by atoms with Crippen LogP contribution in [0.1, 0.15) is 17.4 Å². The highest BCUT2D eigenvalue weighted by Gasteiger charge is 2.05. The average Bonchev–Trinajstić information content (AvgIpc) is 2.29. The van der Waals surface area contributed by atoms with Crippen LogP contribution in [0.4, 0.5) is 5.95 Å². The van der Waals surface area contributed by atoms with E-state index in [1.165, 1.54) is 12.3 Å². The molecular formula is C10H16N4O2. The molecule has 2 N–H and O–H groups in total. The Morgan fingerprint density at radius 1 is 1.62 bits per heavy atom. The van der Waals surface area contributed by atoms with Gasteiger partial charge < -0.3 is 15.3 Å². The van der Waals surface area contributed by atoms with Crippen LogP contribution in [-0.2, 0) is 0 Å². The summed E-state index contributed by atoms with van der Waals surface area (Å²) in [5.74, 6) is -0.694. The summed E-state index contributed by atoms with van der Waals surface area (Å²) in [5.41, 5.74) is 0.00125. The Morgan fingerprint density at radius 2 is 2.38 bits per heavy atom. The quantitative estimate of drug-likeness (QED) is 0.734. The SMILES string of the molecule is CCN(C)CCNc1nccc(C(=O)O)n1. The number of hydrogen-bond acceptors (Lipinski definition) is 5. The monoisotopic (exact) mass is 224 g/mol. The summed E-state index contributed by atoms with van der Waals surface area (Å²) >= 11 is 0. The van der Waals surface area contributed by atoms with Gasteiger partial charge in [-0.05, 0) is 19.7 Å². The number of hydrogen-bond donors (Lipinski definition) is 2. The summed E-state index contributed by atoms with van der Waals surface area (Å²) in [6, 6.07) is 1.37. The molecule has 16 heavy (non-hydrogen) atoms. The lowest BCUT2D eigenvalue weighted by Crippen LogP contribution is -2.25. The minimum Gasteiger partial charge on any atom is -0.477 e. The van der Waals surface area contributed by atoms with E-state index in [2.05, 4.69) is 27.1 Å². The van der Waals surface area contributed by atoms with Crippen molar-refractivity contribution < 1.29 is 9.90 Å². The first-order valence-electron chi connectivity index (χ1n) is 5.12. The molecule has 0 atom stereocenters. The molecule has 0 aliphatic rings. The summed E-state index contributed by atoms with van der Waals surface area (Å²) in [4.78, 5) is 20.6. The van der Waals surface area contributed by atoms with E-state index < -0.39 is 5.97 Å². The lowest BCUT2D eigenvalue weighted by atomic mass is 10.4. The fourth-order valence-electron chi connectivity index (χ4n) is 1.08. The van der Waals surface area contributed by atoms with Gasteiger partial charge in [-0.1, -0.05) is 6.92 Å². The van der Waals surface area contributed by atoms with E-state index in [-0.39, 0.29) is 5.69 Å². The third kappa shape index (κ3) is 3.82. The van der Waals surface area contributed by atoms with Crippen molar-refractivity contribution in [3.63, 3.8) is 0 Å². The lowest BCUT2D eigenvalue weighted by Gasteiger charge is -2.13. The van der Waals surface area contributed by atoms with Gasteiger partial charge in [-0.15, -0.1) is 0 Å². The third-order valence-corrected chi connectivity index (χ3v) is 2.19. The van der Waals surface area contributed by atoms with Crippen LogP contribution in [0.3, 0.4) is 0 Å². The fourth-order valence-corrected chi connectivity index (χ4v) is 1.08. The van der Waals surface area contributed by atoms with Gasteiger partial charge in [0.2, 0.25) is 5.95 Å². The predicted molar refractivity (Wildman–Crippen MR) is 60.7 cm³/mol. The molecule has 1 aromatic rings. The number of rotatable bonds is 6. The number of aromatic carboxylic acids is 1. The topological polar surface area (TPSA) is 78.4 Å². The van der Waals surface area contributed by atoms with E-state index in [1.54, 1.807) is 0 Å². The summed E-state index contributed by atoms with van der Waals surface area (Å²) in [7, 11) is 2.01. The maximum atomic E-state index is 10.7. The van der Waals surface area contributed by atoms with Crippen LogP contribution in [-0.4, -0.2) is 52.6 Å². The van der Waals surface area contributed by atoms with E-state index in [0.717, 1.165) is 13.1 Å². The standard InChI is InChI=1S/C10H16N4O2/c1-3-14(2)7-6-12-10-11-5-4-8(13-10)9(15)16/h4-5H,3,6-7H2,1-2H3,(H,15,16)(H,11,12,13). The first kappa shape index (κ1) is 12.4. The van der Waals surface area contributed by atoms with Gasteiger partial charge in [0.05, 0.1) is 0 Å². The van der Waals surface area contributed by atoms with Gasteiger partial charge in [0.25, 0.3) is 0 Å². The van der Waals surface area contributed by atoms with Gasteiger partial charge in [0.1, 0.15) is 0 Å². The number of carboxylic acid groups (broad SMARTS) is 1. The zero-order valence-corrected chi connectivity index (χ0v) is 9.47. The molecule has 0 bridgehead atoms. The van der Waals surface area contributed by atoms with Gasteiger partial charge in [-0.25, -0.2) is 14.8 Å². The number of carbonyl (C=O) groups is 1. The molecule has 1 aromatic heterocycles. The molecule has 1 heterocycles. The second-order valence-electron chi connectivity index (χ2n) is 3.39. The Kier molecular flexibility index (Phi) is 4.65. The minimum atomic E-state index is -1.05. The number of likely N-dealkylation sites (N-methyl/N-ethyl adjacent to an activating group) is 1. The molecule has 0 aliphatic heterocycles. The second-order valence-corrected chi connectivity index (χ2v) is 3.39. The first-order valence-corrected chi connectivity index (χ1v) is 5.12. The number of aromatic nitrogens is 2. The van der Waals surface area contributed by atoms with Gasteiger partial charge in [0.15, 0.2) is 5.69 Å².